The van der Waals surface area contributed by atoms with E-state index in [0.717, 1.165) is 37.9 Å². The SMILES string of the molecule is COc1c(N2CC[C@@H](C3(N)CCC3)C2)c(F)cc2c(=O)c(C(=O)O)cn([C@@H]3C[C@@H]3F)c12. The molecule has 7 nitrogen and oxygen atoms in total. The van der Waals surface area contributed by atoms with Crippen molar-refractivity contribution in [2.45, 2.75) is 49.9 Å². The lowest BCUT2D eigenvalue weighted by Crippen LogP contribution is -2.53. The molecule has 1 aromatic heterocycles. The van der Waals surface area contributed by atoms with E-state index in [2.05, 4.69) is 0 Å². The van der Waals surface area contributed by atoms with Crippen LogP contribution in [0.3, 0.4) is 0 Å². The van der Waals surface area contributed by atoms with E-state index >= 15 is 4.39 Å². The summed E-state index contributed by atoms with van der Waals surface area (Å²) >= 11 is 0. The number of halogens is 2. The Morgan fingerprint density at radius 3 is 2.65 bits per heavy atom. The van der Waals surface area contributed by atoms with Crippen LogP contribution in [0.25, 0.3) is 10.9 Å². The van der Waals surface area contributed by atoms with Crippen molar-refractivity contribution in [2.24, 2.45) is 11.7 Å². The third-order valence-electron chi connectivity index (χ3n) is 7.27. The number of aromatic carboxylic acids is 1. The van der Waals surface area contributed by atoms with Gasteiger partial charge in [0.2, 0.25) is 5.43 Å². The lowest BCUT2D eigenvalue weighted by atomic mass is 9.68. The van der Waals surface area contributed by atoms with E-state index in [1.54, 1.807) is 0 Å². The molecule has 3 atom stereocenters. The van der Waals surface area contributed by atoms with Gasteiger partial charge in [0, 0.05) is 31.2 Å². The van der Waals surface area contributed by atoms with E-state index in [4.69, 9.17) is 10.5 Å². The van der Waals surface area contributed by atoms with Gasteiger partial charge in [0.05, 0.1) is 24.1 Å². The highest BCUT2D eigenvalue weighted by Gasteiger charge is 2.45. The molecule has 2 aliphatic carbocycles. The molecule has 0 amide bonds. The van der Waals surface area contributed by atoms with Crippen molar-refractivity contribution in [1.82, 2.24) is 4.57 Å². The van der Waals surface area contributed by atoms with Gasteiger partial charge in [-0.1, -0.05) is 0 Å². The van der Waals surface area contributed by atoms with Crippen molar-refractivity contribution in [3.8, 4) is 5.75 Å². The normalized spacial score (nSPS) is 26.7. The number of nitrogens with zero attached hydrogens (tertiary/aromatic N) is 2. The number of hydrogen-bond acceptors (Lipinski definition) is 5. The standard InChI is InChI=1S/C22H25F2N3O4/c1-31-20-17-12(19(28)13(21(29)30)10-27(17)16-8-14(16)23)7-15(24)18(20)26-6-3-11(9-26)22(25)4-2-5-22/h7,10-11,14,16H,2-6,8-9,25H2,1H3,(H,29,30)/t11-,14+,16-/m1/s1. The van der Waals surface area contributed by atoms with Crippen LogP contribution < -0.4 is 20.8 Å². The Bertz CT molecular complexity index is 1140. The molecule has 2 saturated carbocycles. The van der Waals surface area contributed by atoms with Crippen LogP contribution >= 0.6 is 0 Å². The van der Waals surface area contributed by atoms with Crippen LogP contribution in [0.15, 0.2) is 17.1 Å². The molecule has 1 aromatic carbocycles. The Labute approximate surface area is 177 Å². The van der Waals surface area contributed by atoms with E-state index in [-0.39, 0.29) is 40.2 Å². The highest BCUT2D eigenvalue weighted by molar-refractivity contribution is 5.97. The van der Waals surface area contributed by atoms with Crippen LogP contribution in [-0.4, -0.2) is 47.6 Å². The van der Waals surface area contributed by atoms with Crippen molar-refractivity contribution in [3.05, 3.63) is 33.9 Å². The predicted molar refractivity (Wildman–Crippen MR) is 111 cm³/mol. The number of carboxylic acids is 1. The van der Waals surface area contributed by atoms with E-state index in [9.17, 15) is 19.1 Å². The van der Waals surface area contributed by atoms with Crippen molar-refractivity contribution in [1.29, 1.82) is 0 Å². The van der Waals surface area contributed by atoms with Gasteiger partial charge in [-0.25, -0.2) is 13.6 Å². The first-order valence-corrected chi connectivity index (χ1v) is 10.6. The van der Waals surface area contributed by atoms with Gasteiger partial charge in [0.1, 0.15) is 17.4 Å². The molecule has 2 aromatic rings. The second-order valence-electron chi connectivity index (χ2n) is 9.06. The van der Waals surface area contributed by atoms with E-state index in [1.165, 1.54) is 11.7 Å². The van der Waals surface area contributed by atoms with Crippen LogP contribution in [0.5, 0.6) is 5.75 Å². The zero-order valence-electron chi connectivity index (χ0n) is 17.2. The highest BCUT2D eigenvalue weighted by atomic mass is 19.1. The second kappa shape index (κ2) is 6.91. The van der Waals surface area contributed by atoms with Crippen molar-refractivity contribution < 1.29 is 23.4 Å². The number of anilines is 1. The molecule has 166 valence electrons. The van der Waals surface area contributed by atoms with E-state index in [1.807, 2.05) is 4.90 Å². The van der Waals surface area contributed by atoms with Gasteiger partial charge < -0.3 is 25.0 Å². The molecule has 3 aliphatic rings. The minimum absolute atomic E-state index is 0.123. The maximum atomic E-state index is 15.4. The third kappa shape index (κ3) is 3.01. The molecule has 3 fully saturated rings. The number of pyridine rings is 1. The monoisotopic (exact) mass is 433 g/mol. The molecule has 0 unspecified atom stereocenters. The molecule has 0 bridgehead atoms. The maximum absolute atomic E-state index is 15.4. The van der Waals surface area contributed by atoms with Crippen LogP contribution in [0, 0.1) is 11.7 Å². The molecule has 31 heavy (non-hydrogen) atoms. The van der Waals surface area contributed by atoms with Crippen LogP contribution in [0.2, 0.25) is 0 Å². The fourth-order valence-electron chi connectivity index (χ4n) is 5.21. The molecule has 1 saturated heterocycles. The third-order valence-corrected chi connectivity index (χ3v) is 7.27. The minimum Gasteiger partial charge on any atom is -0.492 e. The quantitative estimate of drug-likeness (QED) is 0.753. The summed E-state index contributed by atoms with van der Waals surface area (Å²) in [6.45, 7) is 1.16. The van der Waals surface area contributed by atoms with Gasteiger partial charge >= 0.3 is 5.97 Å². The van der Waals surface area contributed by atoms with Crippen LogP contribution in [0.4, 0.5) is 14.5 Å². The number of carbonyl (C=O) groups is 1. The number of fused-ring (bicyclic) bond motifs is 1. The number of benzene rings is 1. The Kier molecular flexibility index (Phi) is 4.51. The average Bonchev–Trinajstić information content (AvgIpc) is 3.23. The number of carboxylic acid groups (broad SMARTS) is 1. The van der Waals surface area contributed by atoms with Gasteiger partial charge in [0.25, 0.3) is 0 Å². The zero-order valence-corrected chi connectivity index (χ0v) is 17.2. The predicted octanol–water partition coefficient (Wildman–Crippen LogP) is 2.84. The van der Waals surface area contributed by atoms with Gasteiger partial charge in [-0.15, -0.1) is 0 Å². The molecular formula is C22H25F2N3O4. The minimum atomic E-state index is -1.43. The van der Waals surface area contributed by atoms with Gasteiger partial charge in [-0.3, -0.25) is 4.79 Å². The Balaban J connectivity index is 1.68. The smallest absolute Gasteiger partial charge is 0.341 e. The van der Waals surface area contributed by atoms with Crippen LogP contribution in [0.1, 0.15) is 48.5 Å². The van der Waals surface area contributed by atoms with Crippen molar-refractivity contribution in [3.63, 3.8) is 0 Å². The number of methoxy groups -OCH3 is 1. The molecule has 0 radical (unpaired) electrons. The summed E-state index contributed by atoms with van der Waals surface area (Å²) in [5, 5.41) is 9.30. The summed E-state index contributed by atoms with van der Waals surface area (Å²) in [5.41, 5.74) is 5.40. The molecule has 0 spiro atoms. The first kappa shape index (κ1) is 20.2. The molecule has 9 heteroatoms. The molecule has 1 aliphatic heterocycles. The largest absolute Gasteiger partial charge is 0.492 e. The topological polar surface area (TPSA) is 97.8 Å². The number of hydrogen-bond donors (Lipinski definition) is 2. The van der Waals surface area contributed by atoms with Gasteiger partial charge in [-0.2, -0.15) is 0 Å². The summed E-state index contributed by atoms with van der Waals surface area (Å²) in [4.78, 5) is 26.2. The average molecular weight is 433 g/mol. The molecule has 2 heterocycles. The summed E-state index contributed by atoms with van der Waals surface area (Å²) in [6.07, 6.45) is 4.05. The fraction of sp³-hybridized carbons (Fsp3) is 0.545. The number of alkyl halides is 1. The summed E-state index contributed by atoms with van der Waals surface area (Å²) in [6, 6.07) is 0.449. The van der Waals surface area contributed by atoms with Crippen molar-refractivity contribution in [2.75, 3.05) is 25.1 Å². The van der Waals surface area contributed by atoms with Gasteiger partial charge in [0.15, 0.2) is 11.6 Å². The lowest BCUT2D eigenvalue weighted by Gasteiger charge is -2.43. The summed E-state index contributed by atoms with van der Waals surface area (Å²) < 4.78 is 36.3. The summed E-state index contributed by atoms with van der Waals surface area (Å²) in [7, 11) is 1.38. The number of ether oxygens (including phenoxy) is 1. The maximum Gasteiger partial charge on any atom is 0.341 e. The second-order valence-corrected chi connectivity index (χ2v) is 9.06. The molecule has 5 rings (SSSR count). The van der Waals surface area contributed by atoms with Gasteiger partial charge in [-0.05, 0) is 37.7 Å². The fourth-order valence-corrected chi connectivity index (χ4v) is 5.21. The Morgan fingerprint density at radius 1 is 1.39 bits per heavy atom. The van der Waals surface area contributed by atoms with Crippen molar-refractivity contribution >= 4 is 22.6 Å². The zero-order chi connectivity index (χ0) is 22.1. The highest BCUT2D eigenvalue weighted by Crippen LogP contribution is 2.47. The Hall–Kier alpha value is -2.68. The first-order chi connectivity index (χ1) is 14.7. The summed E-state index contributed by atoms with van der Waals surface area (Å²) in [5.74, 6) is -1.74. The first-order valence-electron chi connectivity index (χ1n) is 10.6. The van der Waals surface area contributed by atoms with Crippen LogP contribution in [-0.2, 0) is 0 Å². The van der Waals surface area contributed by atoms with E-state index < -0.39 is 35.0 Å². The lowest BCUT2D eigenvalue weighted by molar-refractivity contribution is 0.0694. The van der Waals surface area contributed by atoms with E-state index in [0.29, 0.717) is 13.1 Å². The molecular weight excluding hydrogens is 408 g/mol. The number of nitrogens with two attached hydrogens (primary N) is 1. The number of rotatable bonds is 5. The number of aromatic nitrogens is 1. The Morgan fingerprint density at radius 2 is 2.10 bits per heavy atom. The molecule has 3 N–H and O–H groups in total.